The average molecular weight is 707 g/mol. The van der Waals surface area contributed by atoms with E-state index in [4.69, 9.17) is 4.98 Å². The van der Waals surface area contributed by atoms with Crippen molar-refractivity contribution in [3.05, 3.63) is 205 Å². The number of anilines is 3. The molecule has 0 N–H and O–H groups in total. The Kier molecular flexibility index (Phi) is 7.88. The first-order valence-electron chi connectivity index (χ1n) is 18.8. The Labute approximate surface area is 320 Å². The highest BCUT2D eigenvalue weighted by molar-refractivity contribution is 6.09. The summed E-state index contributed by atoms with van der Waals surface area (Å²) in [5, 5.41) is 2.52. The molecule has 0 aliphatic rings. The Bertz CT molecular complexity index is 2870. The summed E-state index contributed by atoms with van der Waals surface area (Å²) in [7, 11) is 0. The number of nitrogens with zero attached hydrogens (tertiary/aromatic N) is 4. The monoisotopic (exact) mass is 706 g/mol. The van der Waals surface area contributed by atoms with Gasteiger partial charge in [-0.3, -0.25) is 4.57 Å². The van der Waals surface area contributed by atoms with Crippen LogP contribution in [0.25, 0.3) is 66.7 Å². The van der Waals surface area contributed by atoms with Gasteiger partial charge in [-0.1, -0.05) is 114 Å². The van der Waals surface area contributed by atoms with Crippen molar-refractivity contribution < 1.29 is 0 Å². The van der Waals surface area contributed by atoms with Gasteiger partial charge in [-0.05, 0) is 116 Å². The van der Waals surface area contributed by atoms with E-state index in [1.54, 1.807) is 0 Å². The van der Waals surface area contributed by atoms with E-state index in [0.717, 1.165) is 62.0 Å². The van der Waals surface area contributed by atoms with E-state index in [9.17, 15) is 0 Å². The Morgan fingerprint density at radius 3 is 1.51 bits per heavy atom. The summed E-state index contributed by atoms with van der Waals surface area (Å²) in [6.45, 7) is 4.27. The minimum absolute atomic E-state index is 0.894. The third-order valence-electron chi connectivity index (χ3n) is 10.6. The maximum absolute atomic E-state index is 5.31. The fraction of sp³-hybridized carbons (Fsp3) is 0.0392. The van der Waals surface area contributed by atoms with Gasteiger partial charge in [0.25, 0.3) is 0 Å². The second-order valence-corrected chi connectivity index (χ2v) is 14.3. The largest absolute Gasteiger partial charge is 0.310 e. The standard InChI is InChI=1S/C51H38N4/c1-35-20-26-41(27-21-35)53(42-28-22-36(2)23-29-42)44-33-38(32-39(34-44)51-52-47-16-8-11-19-50(47)55(51)40-12-4-3-5-13-40)37-24-30-43(31-25-37)54-48-17-9-6-14-45(48)46-15-7-10-18-49(46)54/h3-34H,1-2H3. The Balaban J connectivity index is 1.20. The van der Waals surface area contributed by atoms with Crippen molar-refractivity contribution >= 4 is 49.9 Å². The van der Waals surface area contributed by atoms with E-state index in [1.807, 2.05) is 0 Å². The molecule has 0 bridgehead atoms. The number of aryl methyl sites for hydroxylation is 2. The van der Waals surface area contributed by atoms with Gasteiger partial charge in [0, 0.05) is 44.8 Å². The van der Waals surface area contributed by atoms with Gasteiger partial charge in [-0.25, -0.2) is 4.98 Å². The molecule has 0 radical (unpaired) electrons. The summed E-state index contributed by atoms with van der Waals surface area (Å²) in [6.07, 6.45) is 0. The Hall–Kier alpha value is -7.17. The maximum atomic E-state index is 5.31. The van der Waals surface area contributed by atoms with E-state index in [0.29, 0.717) is 0 Å². The molecular formula is C51H38N4. The molecule has 55 heavy (non-hydrogen) atoms. The van der Waals surface area contributed by atoms with Crippen molar-refractivity contribution in [3.63, 3.8) is 0 Å². The molecule has 0 unspecified atom stereocenters. The predicted octanol–water partition coefficient (Wildman–Crippen LogP) is 13.5. The van der Waals surface area contributed by atoms with E-state index in [1.165, 1.54) is 32.9 Å². The predicted molar refractivity (Wildman–Crippen MR) is 230 cm³/mol. The van der Waals surface area contributed by atoms with Crippen LogP contribution in [0.3, 0.4) is 0 Å². The fourth-order valence-corrected chi connectivity index (χ4v) is 7.93. The van der Waals surface area contributed by atoms with Crippen molar-refractivity contribution in [2.45, 2.75) is 13.8 Å². The summed E-state index contributed by atoms with van der Waals surface area (Å²) >= 11 is 0. The summed E-state index contributed by atoms with van der Waals surface area (Å²) in [5.74, 6) is 0.894. The zero-order chi connectivity index (χ0) is 36.9. The van der Waals surface area contributed by atoms with Gasteiger partial charge in [-0.15, -0.1) is 0 Å². The molecule has 2 aromatic heterocycles. The smallest absolute Gasteiger partial charge is 0.145 e. The summed E-state index contributed by atoms with van der Waals surface area (Å²) in [4.78, 5) is 7.67. The Morgan fingerprint density at radius 2 is 0.891 bits per heavy atom. The summed E-state index contributed by atoms with van der Waals surface area (Å²) < 4.78 is 4.65. The minimum atomic E-state index is 0.894. The molecule has 8 aromatic carbocycles. The molecule has 262 valence electrons. The molecule has 4 nitrogen and oxygen atoms in total. The van der Waals surface area contributed by atoms with Crippen LogP contribution < -0.4 is 4.90 Å². The van der Waals surface area contributed by atoms with Gasteiger partial charge in [0.2, 0.25) is 0 Å². The molecule has 0 amide bonds. The van der Waals surface area contributed by atoms with Gasteiger partial charge in [0.1, 0.15) is 5.82 Å². The molecule has 10 rings (SSSR count). The first kappa shape index (κ1) is 32.5. The number of fused-ring (bicyclic) bond motifs is 4. The molecular weight excluding hydrogens is 669 g/mol. The molecule has 0 atom stereocenters. The normalized spacial score (nSPS) is 11.5. The van der Waals surface area contributed by atoms with E-state index < -0.39 is 0 Å². The zero-order valence-electron chi connectivity index (χ0n) is 30.8. The lowest BCUT2D eigenvalue weighted by Gasteiger charge is -2.27. The van der Waals surface area contributed by atoms with E-state index >= 15 is 0 Å². The second-order valence-electron chi connectivity index (χ2n) is 14.3. The molecule has 2 heterocycles. The molecule has 0 spiro atoms. The van der Waals surface area contributed by atoms with Crippen LogP contribution in [0.5, 0.6) is 0 Å². The molecule has 0 saturated heterocycles. The third kappa shape index (κ3) is 5.76. The van der Waals surface area contributed by atoms with Crippen LogP contribution in [0, 0.1) is 13.8 Å². The van der Waals surface area contributed by atoms with Gasteiger partial charge < -0.3 is 9.47 Å². The van der Waals surface area contributed by atoms with Crippen molar-refractivity contribution in [3.8, 4) is 33.9 Å². The molecule has 0 aliphatic heterocycles. The number of imidazole rings is 1. The topological polar surface area (TPSA) is 26.0 Å². The van der Waals surface area contributed by atoms with Gasteiger partial charge >= 0.3 is 0 Å². The molecule has 0 aliphatic carbocycles. The van der Waals surface area contributed by atoms with E-state index in [-0.39, 0.29) is 0 Å². The quantitative estimate of drug-likeness (QED) is 0.165. The van der Waals surface area contributed by atoms with E-state index in [2.05, 4.69) is 222 Å². The number of aromatic nitrogens is 3. The Morgan fingerprint density at radius 1 is 0.382 bits per heavy atom. The van der Waals surface area contributed by atoms with Crippen molar-refractivity contribution in [2.75, 3.05) is 4.90 Å². The molecule has 4 heteroatoms. The van der Waals surface area contributed by atoms with Crippen LogP contribution >= 0.6 is 0 Å². The van der Waals surface area contributed by atoms with Gasteiger partial charge in [0.05, 0.1) is 22.1 Å². The maximum Gasteiger partial charge on any atom is 0.145 e. The van der Waals surface area contributed by atoms with Crippen LogP contribution in [0.4, 0.5) is 17.1 Å². The highest BCUT2D eigenvalue weighted by Gasteiger charge is 2.20. The van der Waals surface area contributed by atoms with Crippen LogP contribution in [-0.4, -0.2) is 14.1 Å². The number of para-hydroxylation sites is 5. The first-order valence-corrected chi connectivity index (χ1v) is 18.8. The lowest BCUT2D eigenvalue weighted by atomic mass is 10.00. The average Bonchev–Trinajstić information content (AvgIpc) is 3.79. The second kappa shape index (κ2) is 13.4. The molecule has 0 saturated carbocycles. The SMILES string of the molecule is Cc1ccc(N(c2ccc(C)cc2)c2cc(-c3ccc(-n4c5ccccc5c5ccccc54)cc3)cc(-c3nc4ccccc4n3-c3ccccc3)c2)cc1. The van der Waals surface area contributed by atoms with Crippen molar-refractivity contribution in [1.82, 2.24) is 14.1 Å². The number of rotatable bonds is 7. The molecule has 0 fully saturated rings. The van der Waals surface area contributed by atoms with Crippen LogP contribution in [0.15, 0.2) is 194 Å². The zero-order valence-corrected chi connectivity index (χ0v) is 30.8. The van der Waals surface area contributed by atoms with Crippen molar-refractivity contribution in [2.24, 2.45) is 0 Å². The van der Waals surface area contributed by atoms with Crippen LogP contribution in [0.2, 0.25) is 0 Å². The highest BCUT2D eigenvalue weighted by Crippen LogP contribution is 2.41. The van der Waals surface area contributed by atoms with Crippen LogP contribution in [-0.2, 0) is 0 Å². The first-order chi connectivity index (χ1) is 27.1. The lowest BCUT2D eigenvalue weighted by molar-refractivity contribution is 1.10. The highest BCUT2D eigenvalue weighted by atomic mass is 15.1. The summed E-state index contributed by atoms with van der Waals surface area (Å²) in [6, 6.07) is 69.8. The lowest BCUT2D eigenvalue weighted by Crippen LogP contribution is -2.10. The third-order valence-corrected chi connectivity index (χ3v) is 10.6. The number of benzene rings is 8. The fourth-order valence-electron chi connectivity index (χ4n) is 7.93. The minimum Gasteiger partial charge on any atom is -0.310 e. The van der Waals surface area contributed by atoms with Crippen LogP contribution in [0.1, 0.15) is 11.1 Å². The van der Waals surface area contributed by atoms with Crippen molar-refractivity contribution in [1.29, 1.82) is 0 Å². The number of hydrogen-bond donors (Lipinski definition) is 0. The van der Waals surface area contributed by atoms with Gasteiger partial charge in [-0.2, -0.15) is 0 Å². The molecule has 10 aromatic rings. The summed E-state index contributed by atoms with van der Waals surface area (Å²) in [5.41, 5.74) is 15.6. The van der Waals surface area contributed by atoms with Gasteiger partial charge in [0.15, 0.2) is 0 Å². The number of hydrogen-bond acceptors (Lipinski definition) is 2.